The molecule has 6 aromatic rings. The molecular formula is C48H56N4O8P4. The van der Waals surface area contributed by atoms with E-state index in [1.165, 1.54) is 0 Å². The number of benzene rings is 6. The Labute approximate surface area is 378 Å². The predicted molar refractivity (Wildman–Crippen MR) is 261 cm³/mol. The van der Waals surface area contributed by atoms with E-state index in [0.717, 1.165) is 33.4 Å². The van der Waals surface area contributed by atoms with Gasteiger partial charge in [0.25, 0.3) is 0 Å². The second-order valence-corrected chi connectivity index (χ2v) is 23.8. The summed E-state index contributed by atoms with van der Waals surface area (Å²) in [6.07, 6.45) is 1.21. The monoisotopic (exact) mass is 940 g/mol. The third kappa shape index (κ3) is 12.6. The van der Waals surface area contributed by atoms with Crippen molar-refractivity contribution in [1.82, 2.24) is 0 Å². The van der Waals surface area contributed by atoms with Crippen molar-refractivity contribution < 1.29 is 36.2 Å². The first kappa shape index (κ1) is 46.9. The summed E-state index contributed by atoms with van der Waals surface area (Å²) in [5.74, 6) is 2.53. The van der Waals surface area contributed by atoms with Crippen LogP contribution in [0.2, 0.25) is 0 Å². The zero-order chi connectivity index (χ0) is 45.2. The summed E-state index contributed by atoms with van der Waals surface area (Å²) in [5.41, 5.74) is 5.62. The fraction of sp³-hybridized carbons (Fsp3) is 0.250. The summed E-state index contributed by atoms with van der Waals surface area (Å²) in [4.78, 5) is 0. The van der Waals surface area contributed by atoms with Crippen LogP contribution in [0.15, 0.2) is 164 Å². The van der Waals surface area contributed by atoms with E-state index in [2.05, 4.69) is 0 Å². The van der Waals surface area contributed by atoms with Crippen LogP contribution in [0, 0.1) is 41.5 Å². The molecule has 6 aromatic carbocycles. The molecule has 1 aliphatic rings. The molecule has 64 heavy (non-hydrogen) atoms. The van der Waals surface area contributed by atoms with Crippen molar-refractivity contribution in [2.45, 2.75) is 68.2 Å². The minimum absolute atomic E-state index is 0.203. The first-order chi connectivity index (χ1) is 30.8. The maximum Gasteiger partial charge on any atom is 0.460 e. The van der Waals surface area contributed by atoms with Gasteiger partial charge in [-0.1, -0.05) is 95.7 Å². The predicted octanol–water partition coefficient (Wildman–Crippen LogP) is 17.0. The summed E-state index contributed by atoms with van der Waals surface area (Å²) < 4.78 is 78.9. The van der Waals surface area contributed by atoms with Crippen molar-refractivity contribution in [2.75, 3.05) is 13.2 Å². The lowest BCUT2D eigenvalue weighted by Crippen LogP contribution is -2.10. The molecule has 0 saturated carbocycles. The van der Waals surface area contributed by atoms with Gasteiger partial charge in [-0.15, -0.1) is 9.03 Å². The third-order valence-corrected chi connectivity index (χ3v) is 20.1. The van der Waals surface area contributed by atoms with Crippen LogP contribution in [0.3, 0.4) is 0 Å². The van der Waals surface area contributed by atoms with Gasteiger partial charge in [-0.3, -0.25) is 0 Å². The average Bonchev–Trinajstić information content (AvgIpc) is 3.21. The minimum atomic E-state index is -4.32. The molecule has 0 aliphatic carbocycles. The lowest BCUT2D eigenvalue weighted by atomic mass is 10.2. The molecule has 7 rings (SSSR count). The number of hydrogen-bond donors (Lipinski definition) is 0. The van der Waals surface area contributed by atoms with Crippen LogP contribution in [0.4, 0.5) is 0 Å². The van der Waals surface area contributed by atoms with Gasteiger partial charge in [-0.05, 0) is 161 Å². The third-order valence-electron chi connectivity index (χ3n) is 9.11. The lowest BCUT2D eigenvalue weighted by molar-refractivity contribution is 0.240. The highest BCUT2D eigenvalue weighted by Gasteiger charge is 2.48. The molecule has 1 aliphatic heterocycles. The van der Waals surface area contributed by atoms with Gasteiger partial charge in [-0.2, -0.15) is 0 Å². The number of rotatable bonds is 18. The Morgan fingerprint density at radius 3 is 0.719 bits per heavy atom. The number of hydrogen-bond acceptors (Lipinski definition) is 12. The van der Waals surface area contributed by atoms with Gasteiger partial charge in [0, 0.05) is 0 Å². The lowest BCUT2D eigenvalue weighted by Gasteiger charge is -2.33. The SMILES string of the molecule is CCCOP1(OCCC)=NP(Oc2cccc(C)c2)(Oc2cccc(C)c2)=NP(Oc2cccc(C)c2)(Oc2cccc(C)c2)=NP(Oc2cccc(C)c2)(Oc2cccc(C)c2)=N1. The van der Waals surface area contributed by atoms with Crippen molar-refractivity contribution in [3.05, 3.63) is 179 Å². The molecule has 0 aromatic heterocycles. The molecule has 12 nitrogen and oxygen atoms in total. The molecule has 0 atom stereocenters. The number of nitrogens with zero attached hydrogens (tertiary/aromatic N) is 4. The second kappa shape index (κ2) is 20.9. The highest BCUT2D eigenvalue weighted by molar-refractivity contribution is 7.79. The fourth-order valence-electron chi connectivity index (χ4n) is 6.34. The molecule has 0 spiro atoms. The first-order valence-electron chi connectivity index (χ1n) is 21.2. The van der Waals surface area contributed by atoms with Crippen LogP contribution in [0.1, 0.15) is 60.1 Å². The molecule has 336 valence electrons. The summed E-state index contributed by atoms with van der Waals surface area (Å²) >= 11 is 0. The Balaban J connectivity index is 1.71. The summed E-state index contributed by atoms with van der Waals surface area (Å²) in [5, 5.41) is 0. The molecule has 0 saturated heterocycles. The Morgan fingerprint density at radius 2 is 0.516 bits per heavy atom. The summed E-state index contributed by atoms with van der Waals surface area (Å²) in [7, 11) is -16.8. The molecule has 0 unspecified atom stereocenters. The van der Waals surface area contributed by atoms with E-state index in [0.29, 0.717) is 47.3 Å². The van der Waals surface area contributed by atoms with Crippen LogP contribution in [0.25, 0.3) is 0 Å². The highest BCUT2D eigenvalue weighted by Crippen LogP contribution is 2.79. The molecule has 0 radical (unpaired) electrons. The maximum atomic E-state index is 7.19. The maximum absolute atomic E-state index is 7.19. The standard InChI is InChI=1S/C48H56N4O8P4/c1-9-29-53-61(54-30-10-2)49-62(55-43-23-11-17-37(3)31-43,56-44-24-12-18-38(4)32-44)51-64(59-47-27-15-21-41(7)35-47,60-48-28-16-22-42(8)36-48)52-63(50-61,57-45-25-13-19-39(5)33-45)58-46-26-14-20-40(6)34-46/h11-28,31-36H,9-10,29-30H2,1-8H3. The van der Waals surface area contributed by atoms with Crippen molar-refractivity contribution in [3.8, 4) is 34.5 Å². The van der Waals surface area contributed by atoms with Gasteiger partial charge in [0.05, 0.1) is 13.2 Å². The topological polar surface area (TPSA) is 123 Å². The number of aryl methyl sites for hydroxylation is 6. The van der Waals surface area contributed by atoms with Gasteiger partial charge in [-0.25, -0.2) is 0 Å². The molecule has 0 N–H and O–H groups in total. The molecule has 0 amide bonds. The quantitative estimate of drug-likeness (QED) is 0.0781. The summed E-state index contributed by atoms with van der Waals surface area (Å²) in [6, 6.07) is 45.5. The fourth-order valence-corrected chi connectivity index (χ4v) is 18.7. The van der Waals surface area contributed by atoms with Gasteiger partial charge < -0.3 is 36.2 Å². The van der Waals surface area contributed by atoms with E-state index >= 15 is 0 Å². The smallest absolute Gasteiger partial charge is 0.413 e. The second-order valence-electron chi connectivity index (χ2n) is 15.4. The molecule has 0 fully saturated rings. The van der Waals surface area contributed by atoms with E-state index in [9.17, 15) is 0 Å². The van der Waals surface area contributed by atoms with E-state index in [4.69, 9.17) is 54.3 Å². The van der Waals surface area contributed by atoms with Crippen LogP contribution >= 0.6 is 30.6 Å². The molecule has 1 heterocycles. The molecular weight excluding hydrogens is 884 g/mol. The normalized spacial score (nSPS) is 15.6. The highest BCUT2D eigenvalue weighted by atomic mass is 31.3. The Morgan fingerprint density at radius 1 is 0.312 bits per heavy atom. The van der Waals surface area contributed by atoms with Gasteiger partial charge in [0.2, 0.25) is 0 Å². The average molecular weight is 941 g/mol. The van der Waals surface area contributed by atoms with E-state index in [-0.39, 0.29) is 13.2 Å². The van der Waals surface area contributed by atoms with Crippen molar-refractivity contribution in [2.24, 2.45) is 18.1 Å². The minimum Gasteiger partial charge on any atom is -0.413 e. The van der Waals surface area contributed by atoms with Crippen LogP contribution in [-0.4, -0.2) is 13.2 Å². The van der Waals surface area contributed by atoms with Gasteiger partial charge in [0.15, 0.2) is 0 Å². The largest absolute Gasteiger partial charge is 0.460 e. The Kier molecular flexibility index (Phi) is 15.3. The van der Waals surface area contributed by atoms with Crippen LogP contribution in [-0.2, 0) is 9.05 Å². The van der Waals surface area contributed by atoms with Gasteiger partial charge >= 0.3 is 30.6 Å². The van der Waals surface area contributed by atoms with E-state index in [1.54, 1.807) is 0 Å². The van der Waals surface area contributed by atoms with Gasteiger partial charge in [0.1, 0.15) is 34.5 Å². The van der Waals surface area contributed by atoms with E-state index in [1.807, 2.05) is 201 Å². The molecule has 0 bridgehead atoms. The van der Waals surface area contributed by atoms with Crippen LogP contribution in [0.5, 0.6) is 34.5 Å². The molecule has 16 heteroatoms. The van der Waals surface area contributed by atoms with Crippen molar-refractivity contribution in [1.29, 1.82) is 0 Å². The Bertz CT molecular complexity index is 2570. The van der Waals surface area contributed by atoms with Crippen LogP contribution < -0.4 is 27.1 Å². The Hall–Kier alpha value is -5.04. The zero-order valence-electron chi connectivity index (χ0n) is 37.5. The first-order valence-corrected chi connectivity index (χ1v) is 27.3. The summed E-state index contributed by atoms with van der Waals surface area (Å²) in [6.45, 7) is 16.3. The van der Waals surface area contributed by atoms with Crippen molar-refractivity contribution >= 4 is 30.6 Å². The van der Waals surface area contributed by atoms with Crippen molar-refractivity contribution in [3.63, 3.8) is 0 Å². The zero-order valence-corrected chi connectivity index (χ0v) is 41.1. The van der Waals surface area contributed by atoms with E-state index < -0.39 is 30.6 Å².